The summed E-state index contributed by atoms with van der Waals surface area (Å²) in [6, 6.07) is 25.4. The first-order chi connectivity index (χ1) is 16.3. The van der Waals surface area contributed by atoms with Gasteiger partial charge in [0.25, 0.3) is 5.79 Å². The highest BCUT2D eigenvalue weighted by Crippen LogP contribution is 2.46. The molecule has 4 aromatic carbocycles. The Labute approximate surface area is 195 Å². The minimum Gasteiger partial charge on any atom is -0.444 e. The largest absolute Gasteiger partial charge is 0.444 e. The molecule has 0 saturated heterocycles. The Kier molecular flexibility index (Phi) is 4.95. The molecule has 0 fully saturated rings. The average Bonchev–Trinajstić information content (AvgIpc) is 2.86. The van der Waals surface area contributed by atoms with Crippen molar-refractivity contribution in [2.45, 2.75) is 44.8 Å². The Hall–Kier alpha value is -3.52. The fourth-order valence-electron chi connectivity index (χ4n) is 5.16. The third kappa shape index (κ3) is 3.41. The second kappa shape index (κ2) is 8.12. The minimum atomic E-state index is -0.892. The molecule has 4 aromatic rings. The lowest BCUT2D eigenvalue weighted by Crippen LogP contribution is -2.45. The molecule has 6 rings (SSSR count). The maximum Gasteiger partial charge on any atom is 0.294 e. The molecular weight excluding hydrogens is 404 g/mol. The summed E-state index contributed by atoms with van der Waals surface area (Å²) >= 11 is 0. The predicted octanol–water partition coefficient (Wildman–Crippen LogP) is 8.54. The van der Waals surface area contributed by atoms with E-state index in [4.69, 9.17) is 9.47 Å². The van der Waals surface area contributed by atoms with Crippen molar-refractivity contribution in [3.8, 4) is 11.5 Å². The lowest BCUT2D eigenvalue weighted by molar-refractivity contribution is -0.0436. The van der Waals surface area contributed by atoms with Crippen molar-refractivity contribution in [2.75, 3.05) is 0 Å². The monoisotopic (exact) mass is 432 g/mol. The minimum absolute atomic E-state index is 0.875. The topological polar surface area (TPSA) is 18.5 Å². The highest BCUT2D eigenvalue weighted by atomic mass is 16.7. The summed E-state index contributed by atoms with van der Waals surface area (Å²) in [5.74, 6) is 0.858. The van der Waals surface area contributed by atoms with Crippen molar-refractivity contribution in [1.29, 1.82) is 0 Å². The summed E-state index contributed by atoms with van der Waals surface area (Å²) in [6.07, 6.45) is 12.4. The third-order valence-corrected chi connectivity index (χ3v) is 6.92. The van der Waals surface area contributed by atoms with Crippen LogP contribution in [0.3, 0.4) is 0 Å². The van der Waals surface area contributed by atoms with Gasteiger partial charge in [-0.1, -0.05) is 86.8 Å². The number of fused-ring (bicyclic) bond motifs is 6. The van der Waals surface area contributed by atoms with E-state index in [2.05, 4.69) is 97.9 Å². The van der Waals surface area contributed by atoms with Crippen LogP contribution in [0.2, 0.25) is 0 Å². The van der Waals surface area contributed by atoms with Gasteiger partial charge in [-0.25, -0.2) is 0 Å². The predicted molar refractivity (Wildman–Crippen MR) is 138 cm³/mol. The van der Waals surface area contributed by atoms with E-state index in [0.717, 1.165) is 35.5 Å². The first-order valence-electron chi connectivity index (χ1n) is 12.1. The van der Waals surface area contributed by atoms with Crippen molar-refractivity contribution in [3.05, 3.63) is 95.6 Å². The van der Waals surface area contributed by atoms with Crippen LogP contribution < -0.4 is 9.47 Å². The maximum atomic E-state index is 6.73. The Morgan fingerprint density at radius 3 is 2.00 bits per heavy atom. The Balaban J connectivity index is 1.46. The van der Waals surface area contributed by atoms with Gasteiger partial charge in [-0.3, -0.25) is 0 Å². The molecule has 33 heavy (non-hydrogen) atoms. The fourth-order valence-corrected chi connectivity index (χ4v) is 5.16. The van der Waals surface area contributed by atoms with Crippen LogP contribution in [0.4, 0.5) is 0 Å². The molecule has 0 bridgehead atoms. The zero-order valence-electron chi connectivity index (χ0n) is 19.0. The van der Waals surface area contributed by atoms with Gasteiger partial charge in [0.15, 0.2) is 0 Å². The van der Waals surface area contributed by atoms with Crippen LogP contribution in [0.15, 0.2) is 84.4 Å². The quantitative estimate of drug-likeness (QED) is 0.294. The summed E-state index contributed by atoms with van der Waals surface area (Å²) in [5, 5.41) is 4.88. The number of hydrogen-bond donors (Lipinski definition) is 0. The van der Waals surface area contributed by atoms with Gasteiger partial charge >= 0.3 is 0 Å². The van der Waals surface area contributed by atoms with Crippen LogP contribution >= 0.6 is 0 Å². The normalized spacial score (nSPS) is 18.5. The van der Waals surface area contributed by atoms with Crippen LogP contribution in [0.1, 0.15) is 50.2 Å². The van der Waals surface area contributed by atoms with E-state index in [9.17, 15) is 0 Å². The van der Waals surface area contributed by atoms with Gasteiger partial charge in [0, 0.05) is 22.8 Å². The van der Waals surface area contributed by atoms with E-state index in [1.165, 1.54) is 46.4 Å². The Bertz CT molecular complexity index is 1410. The number of hydrogen-bond acceptors (Lipinski definition) is 2. The van der Waals surface area contributed by atoms with E-state index in [0.29, 0.717) is 0 Å². The average molecular weight is 433 g/mol. The third-order valence-electron chi connectivity index (χ3n) is 6.92. The highest BCUT2D eigenvalue weighted by Gasteiger charge is 2.42. The van der Waals surface area contributed by atoms with Gasteiger partial charge < -0.3 is 9.47 Å². The van der Waals surface area contributed by atoms with Gasteiger partial charge in [-0.05, 0) is 58.7 Å². The molecule has 0 aromatic heterocycles. The molecule has 2 nitrogen and oxygen atoms in total. The van der Waals surface area contributed by atoms with Crippen LogP contribution in [0.5, 0.6) is 11.5 Å². The molecule has 2 aliphatic heterocycles. The molecule has 1 unspecified atom stereocenters. The van der Waals surface area contributed by atoms with Crippen LogP contribution in [-0.4, -0.2) is 5.79 Å². The summed E-state index contributed by atoms with van der Waals surface area (Å²) < 4.78 is 13.5. The van der Waals surface area contributed by atoms with E-state index < -0.39 is 5.79 Å². The molecule has 1 atom stereocenters. The van der Waals surface area contributed by atoms with E-state index in [-0.39, 0.29) is 0 Å². The van der Waals surface area contributed by atoms with Gasteiger partial charge in [-0.2, -0.15) is 0 Å². The maximum absolute atomic E-state index is 6.73. The van der Waals surface area contributed by atoms with Crippen LogP contribution in [0, 0.1) is 0 Å². The summed E-state index contributed by atoms with van der Waals surface area (Å²) in [4.78, 5) is 0. The van der Waals surface area contributed by atoms with Gasteiger partial charge in [-0.15, -0.1) is 0 Å². The van der Waals surface area contributed by atoms with Crippen LogP contribution in [0.25, 0.3) is 33.7 Å². The highest BCUT2D eigenvalue weighted by molar-refractivity contribution is 5.96. The molecule has 164 valence electrons. The molecule has 2 heteroatoms. The van der Waals surface area contributed by atoms with Crippen molar-refractivity contribution in [1.82, 2.24) is 0 Å². The van der Waals surface area contributed by atoms with Crippen LogP contribution in [-0.2, 0) is 0 Å². The zero-order valence-corrected chi connectivity index (χ0v) is 19.0. The number of benzene rings is 4. The molecule has 0 N–H and O–H groups in total. The standard InChI is InChI=1S/C31H28O2/c1-2-3-4-5-12-24-21-28-26-14-9-7-11-23(26)16-18-30(28)33-31(24)20-19-27-25-13-8-6-10-22(25)15-17-29(27)32-31/h6-11,13-21H,2-5,12H2,1H3. The second-order valence-corrected chi connectivity index (χ2v) is 9.08. The molecule has 2 aliphatic rings. The molecule has 0 radical (unpaired) electrons. The van der Waals surface area contributed by atoms with E-state index in [1.54, 1.807) is 0 Å². The van der Waals surface area contributed by atoms with Gasteiger partial charge in [0.05, 0.1) is 0 Å². The second-order valence-electron chi connectivity index (χ2n) is 9.08. The summed E-state index contributed by atoms with van der Waals surface area (Å²) in [6.45, 7) is 2.25. The fraction of sp³-hybridized carbons (Fsp3) is 0.226. The zero-order chi connectivity index (χ0) is 22.3. The Morgan fingerprint density at radius 1 is 0.667 bits per heavy atom. The van der Waals surface area contributed by atoms with Crippen molar-refractivity contribution >= 4 is 33.7 Å². The van der Waals surface area contributed by atoms with E-state index in [1.807, 2.05) is 0 Å². The van der Waals surface area contributed by atoms with Crippen molar-refractivity contribution < 1.29 is 9.47 Å². The number of unbranched alkanes of at least 4 members (excludes halogenated alkanes) is 3. The van der Waals surface area contributed by atoms with Crippen molar-refractivity contribution in [3.63, 3.8) is 0 Å². The molecule has 0 amide bonds. The van der Waals surface area contributed by atoms with Gasteiger partial charge in [0.1, 0.15) is 11.5 Å². The summed E-state index contributed by atoms with van der Waals surface area (Å²) in [7, 11) is 0. The number of rotatable bonds is 5. The molecular formula is C31H28O2. The first-order valence-corrected chi connectivity index (χ1v) is 12.1. The van der Waals surface area contributed by atoms with E-state index >= 15 is 0 Å². The first kappa shape index (κ1) is 20.1. The van der Waals surface area contributed by atoms with Crippen molar-refractivity contribution in [2.24, 2.45) is 0 Å². The summed E-state index contributed by atoms with van der Waals surface area (Å²) in [5.41, 5.74) is 3.47. The Morgan fingerprint density at radius 2 is 1.30 bits per heavy atom. The molecule has 0 aliphatic carbocycles. The number of ether oxygens (including phenoxy) is 2. The lowest BCUT2D eigenvalue weighted by Gasteiger charge is -2.40. The SMILES string of the molecule is CCCCCCC1=Cc2c(ccc3ccccc23)OC12C=Cc1c(ccc3ccccc13)O2. The smallest absolute Gasteiger partial charge is 0.294 e. The van der Waals surface area contributed by atoms with Gasteiger partial charge in [0.2, 0.25) is 0 Å². The molecule has 0 saturated carbocycles. The molecule has 2 heterocycles. The molecule has 1 spiro atoms. The lowest BCUT2D eigenvalue weighted by atomic mass is 9.89.